The predicted molar refractivity (Wildman–Crippen MR) is 119 cm³/mol. The maximum atomic E-state index is 12.9. The maximum Gasteiger partial charge on any atom is 0.261 e. The van der Waals surface area contributed by atoms with Crippen LogP contribution in [0.3, 0.4) is 0 Å². The lowest BCUT2D eigenvalue weighted by Crippen LogP contribution is -2.18. The Hall–Kier alpha value is -2.65. The number of amides is 1. The first kappa shape index (κ1) is 21.6. The molecule has 0 atom stereocenters. The Balaban J connectivity index is 1.62. The molecule has 4 rings (SSSR count). The molecule has 0 saturated carbocycles. The summed E-state index contributed by atoms with van der Waals surface area (Å²) in [5.41, 5.74) is 0.505. The second kappa shape index (κ2) is 8.47. The van der Waals surface area contributed by atoms with Crippen molar-refractivity contribution in [1.29, 1.82) is 0 Å². The summed E-state index contributed by atoms with van der Waals surface area (Å²) in [6.07, 6.45) is 0. The van der Waals surface area contributed by atoms with Crippen molar-refractivity contribution in [3.05, 3.63) is 75.2 Å². The van der Waals surface area contributed by atoms with Gasteiger partial charge in [0.25, 0.3) is 15.9 Å². The minimum atomic E-state index is -4.07. The van der Waals surface area contributed by atoms with Gasteiger partial charge in [-0.15, -0.1) is 0 Å². The third-order valence-electron chi connectivity index (χ3n) is 4.30. The van der Waals surface area contributed by atoms with E-state index in [1.54, 1.807) is 18.2 Å². The lowest BCUT2D eigenvalue weighted by atomic mass is 10.1. The van der Waals surface area contributed by atoms with Crippen LogP contribution in [0.25, 0.3) is 0 Å². The molecule has 31 heavy (non-hydrogen) atoms. The highest BCUT2D eigenvalue weighted by atomic mass is 35.5. The molecule has 3 aromatic carbocycles. The Morgan fingerprint density at radius 3 is 2.42 bits per heavy atom. The summed E-state index contributed by atoms with van der Waals surface area (Å²) in [6, 6.07) is 13.0. The number of halogens is 3. The van der Waals surface area contributed by atoms with Crippen LogP contribution in [0, 0.1) is 0 Å². The maximum absolute atomic E-state index is 12.9. The van der Waals surface area contributed by atoms with Crippen molar-refractivity contribution in [2.45, 2.75) is 4.90 Å². The topological polar surface area (TPSA) is 93.7 Å². The number of hydrogen-bond donors (Lipinski definition) is 2. The Morgan fingerprint density at radius 1 is 0.871 bits per heavy atom. The van der Waals surface area contributed by atoms with Crippen molar-refractivity contribution < 1.29 is 22.7 Å². The van der Waals surface area contributed by atoms with Gasteiger partial charge >= 0.3 is 0 Å². The fourth-order valence-electron chi connectivity index (χ4n) is 2.82. The summed E-state index contributed by atoms with van der Waals surface area (Å²) >= 11 is 17.8. The molecular formula is C20H13Cl3N2O5S. The quantitative estimate of drug-likeness (QED) is 0.488. The molecule has 0 aromatic heterocycles. The number of carbonyl (C=O) groups excluding carboxylic acids is 1. The van der Waals surface area contributed by atoms with Crippen LogP contribution in [-0.4, -0.2) is 21.1 Å². The Morgan fingerprint density at radius 2 is 1.65 bits per heavy atom. The van der Waals surface area contributed by atoms with Gasteiger partial charge in [0, 0.05) is 16.8 Å². The molecule has 0 bridgehead atoms. The van der Waals surface area contributed by atoms with Crippen LogP contribution in [0.2, 0.25) is 15.1 Å². The molecule has 0 radical (unpaired) electrons. The second-order valence-corrected chi connectivity index (χ2v) is 9.33. The van der Waals surface area contributed by atoms with Crippen LogP contribution < -0.4 is 19.5 Å². The number of hydrogen-bond acceptors (Lipinski definition) is 5. The Labute approximate surface area is 192 Å². The van der Waals surface area contributed by atoms with E-state index in [1.165, 1.54) is 36.4 Å². The van der Waals surface area contributed by atoms with Gasteiger partial charge in [0.2, 0.25) is 6.79 Å². The van der Waals surface area contributed by atoms with Crippen LogP contribution in [0.15, 0.2) is 59.5 Å². The zero-order chi connectivity index (χ0) is 22.2. The normalized spacial score (nSPS) is 12.5. The highest BCUT2D eigenvalue weighted by molar-refractivity contribution is 7.92. The second-order valence-electron chi connectivity index (χ2n) is 6.39. The Kier molecular flexibility index (Phi) is 5.90. The van der Waals surface area contributed by atoms with Gasteiger partial charge in [-0.2, -0.15) is 0 Å². The minimum Gasteiger partial charge on any atom is -0.454 e. The number of ether oxygens (including phenoxy) is 2. The molecule has 11 heteroatoms. The van der Waals surface area contributed by atoms with Crippen molar-refractivity contribution >= 4 is 62.1 Å². The largest absolute Gasteiger partial charge is 0.454 e. The molecule has 3 aromatic rings. The molecule has 160 valence electrons. The molecule has 1 aliphatic heterocycles. The highest BCUT2D eigenvalue weighted by Gasteiger charge is 2.21. The minimum absolute atomic E-state index is 0.00295. The summed E-state index contributed by atoms with van der Waals surface area (Å²) in [7, 11) is -4.07. The molecule has 1 aliphatic rings. The van der Waals surface area contributed by atoms with Crippen molar-refractivity contribution in [3.63, 3.8) is 0 Å². The SMILES string of the molecule is O=C(Nc1ccc2c(c1)OCO2)c1ccc(Cl)cc1NS(=O)(=O)c1ccc(Cl)c(Cl)c1. The first-order valence-corrected chi connectivity index (χ1v) is 11.3. The number of carbonyl (C=O) groups is 1. The molecular weight excluding hydrogens is 487 g/mol. The molecule has 0 saturated heterocycles. The summed E-state index contributed by atoms with van der Waals surface area (Å²) in [4.78, 5) is 12.7. The van der Waals surface area contributed by atoms with Gasteiger partial charge in [0.05, 0.1) is 26.2 Å². The molecule has 0 unspecified atom stereocenters. The summed E-state index contributed by atoms with van der Waals surface area (Å²) in [6.45, 7) is 0.102. The number of fused-ring (bicyclic) bond motifs is 1. The summed E-state index contributed by atoms with van der Waals surface area (Å²) < 4.78 is 38.6. The van der Waals surface area contributed by atoms with Gasteiger partial charge in [-0.3, -0.25) is 9.52 Å². The zero-order valence-electron chi connectivity index (χ0n) is 15.5. The van der Waals surface area contributed by atoms with E-state index in [2.05, 4.69) is 10.0 Å². The average molecular weight is 500 g/mol. The predicted octanol–water partition coefficient (Wildman–Crippen LogP) is 5.43. The number of anilines is 2. The number of sulfonamides is 1. The van der Waals surface area contributed by atoms with Crippen molar-refractivity contribution in [1.82, 2.24) is 0 Å². The average Bonchev–Trinajstić information content (AvgIpc) is 3.17. The van der Waals surface area contributed by atoms with Crippen LogP contribution in [0.4, 0.5) is 11.4 Å². The first-order chi connectivity index (χ1) is 14.7. The van der Waals surface area contributed by atoms with Gasteiger partial charge < -0.3 is 14.8 Å². The van der Waals surface area contributed by atoms with Crippen LogP contribution in [0.5, 0.6) is 11.5 Å². The molecule has 0 spiro atoms. The monoisotopic (exact) mass is 498 g/mol. The number of nitrogens with one attached hydrogen (secondary N) is 2. The molecule has 0 aliphatic carbocycles. The van der Waals surface area contributed by atoms with E-state index in [0.29, 0.717) is 17.2 Å². The lowest BCUT2D eigenvalue weighted by Gasteiger charge is -2.14. The van der Waals surface area contributed by atoms with E-state index >= 15 is 0 Å². The third kappa shape index (κ3) is 4.67. The molecule has 2 N–H and O–H groups in total. The number of rotatable bonds is 5. The molecule has 1 amide bonds. The van der Waals surface area contributed by atoms with E-state index in [1.807, 2.05) is 0 Å². The molecule has 0 fully saturated rings. The van der Waals surface area contributed by atoms with Crippen molar-refractivity contribution in [2.75, 3.05) is 16.8 Å². The molecule has 7 nitrogen and oxygen atoms in total. The van der Waals surface area contributed by atoms with Gasteiger partial charge in [-0.25, -0.2) is 8.42 Å². The fourth-order valence-corrected chi connectivity index (χ4v) is 4.45. The van der Waals surface area contributed by atoms with Gasteiger partial charge in [0.15, 0.2) is 11.5 Å². The summed E-state index contributed by atoms with van der Waals surface area (Å²) in [5, 5.41) is 3.24. The lowest BCUT2D eigenvalue weighted by molar-refractivity contribution is 0.102. The standard InChI is InChI=1S/C20H13Cl3N2O5S/c21-11-1-4-14(20(26)24-12-2-6-18-19(8-12)30-10-29-18)17(7-11)25-31(27,28)13-3-5-15(22)16(23)9-13/h1-9,25H,10H2,(H,24,26). The van der Waals surface area contributed by atoms with E-state index in [0.717, 1.165) is 0 Å². The van der Waals surface area contributed by atoms with Crippen LogP contribution in [0.1, 0.15) is 10.4 Å². The molecule has 1 heterocycles. The zero-order valence-corrected chi connectivity index (χ0v) is 18.6. The highest BCUT2D eigenvalue weighted by Crippen LogP contribution is 2.35. The third-order valence-corrected chi connectivity index (χ3v) is 6.64. The van der Waals surface area contributed by atoms with Gasteiger partial charge in [-0.1, -0.05) is 34.8 Å². The van der Waals surface area contributed by atoms with Crippen LogP contribution >= 0.6 is 34.8 Å². The van der Waals surface area contributed by atoms with Crippen molar-refractivity contribution in [3.8, 4) is 11.5 Å². The van der Waals surface area contributed by atoms with E-state index in [-0.39, 0.29) is 38.0 Å². The first-order valence-electron chi connectivity index (χ1n) is 8.71. The van der Waals surface area contributed by atoms with E-state index < -0.39 is 15.9 Å². The summed E-state index contributed by atoms with van der Waals surface area (Å²) in [5.74, 6) is 0.511. The fraction of sp³-hybridized carbons (Fsp3) is 0.0500. The van der Waals surface area contributed by atoms with Crippen LogP contribution in [-0.2, 0) is 10.0 Å². The Bertz CT molecular complexity index is 1300. The van der Waals surface area contributed by atoms with Gasteiger partial charge in [0.1, 0.15) is 0 Å². The van der Waals surface area contributed by atoms with Gasteiger partial charge in [-0.05, 0) is 48.5 Å². The van der Waals surface area contributed by atoms with Crippen molar-refractivity contribution in [2.24, 2.45) is 0 Å². The smallest absolute Gasteiger partial charge is 0.261 e. The number of benzene rings is 3. The van der Waals surface area contributed by atoms with E-state index in [9.17, 15) is 13.2 Å². The van der Waals surface area contributed by atoms with E-state index in [4.69, 9.17) is 44.3 Å².